The molecule has 47 heavy (non-hydrogen) atoms. The molecule has 0 radical (unpaired) electrons. The van der Waals surface area contributed by atoms with Crippen LogP contribution in [-0.2, 0) is 13.1 Å². The molecule has 2 N–H and O–H groups in total. The molecule has 4 aromatic rings. The van der Waals surface area contributed by atoms with Crippen LogP contribution < -0.4 is 14.8 Å². The van der Waals surface area contributed by atoms with Gasteiger partial charge in [0.05, 0.1) is 42.6 Å². The summed E-state index contributed by atoms with van der Waals surface area (Å²) < 4.78 is 54.3. The largest absolute Gasteiger partial charge is 0.479 e. The van der Waals surface area contributed by atoms with Gasteiger partial charge in [-0.25, -0.2) is 8.91 Å². The van der Waals surface area contributed by atoms with Gasteiger partial charge in [0, 0.05) is 36.9 Å². The van der Waals surface area contributed by atoms with E-state index in [0.29, 0.717) is 35.2 Å². The van der Waals surface area contributed by atoms with E-state index in [4.69, 9.17) is 14.6 Å². The standard InChI is InChI=1S/C31H33F3N8O3.C2H6/c1-17-24-14-40(22-8-18-2-3-19(9-22)29(18)37-16-35)6-7-41(24)39-28(17)20-10-25(30-26(45-31(33)34)12-38-42(30)13-20)44-27(15-43)23-5-4-21(32)11-36-23;1-2/h4-5,10-13,18-19,22,27,29,31,37,43H,2-3,6-9,14-15H2,1H3;1-2H3. The quantitative estimate of drug-likeness (QED) is 0.185. The van der Waals surface area contributed by atoms with Crippen LogP contribution in [0.1, 0.15) is 62.6 Å². The Morgan fingerprint density at radius 1 is 1.11 bits per heavy atom. The molecule has 2 saturated carbocycles. The molecule has 2 bridgehead atoms. The Hall–Kier alpha value is -4.35. The average Bonchev–Trinajstić information content (AvgIpc) is 3.70. The fourth-order valence-electron chi connectivity index (χ4n) is 7.54. The summed E-state index contributed by atoms with van der Waals surface area (Å²) in [6.07, 6.45) is 9.49. The highest BCUT2D eigenvalue weighted by Crippen LogP contribution is 2.45. The number of aromatic nitrogens is 5. The van der Waals surface area contributed by atoms with E-state index in [-0.39, 0.29) is 22.7 Å². The van der Waals surface area contributed by atoms with Crippen molar-refractivity contribution in [1.82, 2.24) is 34.6 Å². The van der Waals surface area contributed by atoms with Gasteiger partial charge in [-0.2, -0.15) is 24.2 Å². The van der Waals surface area contributed by atoms with Crippen molar-refractivity contribution in [2.24, 2.45) is 11.8 Å². The molecule has 3 unspecified atom stereocenters. The van der Waals surface area contributed by atoms with E-state index >= 15 is 0 Å². The van der Waals surface area contributed by atoms with Crippen LogP contribution in [0.3, 0.4) is 0 Å². The van der Waals surface area contributed by atoms with Gasteiger partial charge in [0.1, 0.15) is 5.82 Å². The number of hydrogen-bond donors (Lipinski definition) is 2. The number of nitrogens with zero attached hydrogens (tertiary/aromatic N) is 7. The molecule has 7 rings (SSSR count). The van der Waals surface area contributed by atoms with E-state index in [1.54, 1.807) is 12.3 Å². The van der Waals surface area contributed by atoms with E-state index in [2.05, 4.69) is 26.5 Å². The predicted molar refractivity (Wildman–Crippen MR) is 166 cm³/mol. The molecule has 0 spiro atoms. The molecule has 0 saturated heterocycles. The summed E-state index contributed by atoms with van der Waals surface area (Å²) in [5, 5.41) is 31.6. The molecule has 3 atom stereocenters. The minimum absolute atomic E-state index is 0.121. The van der Waals surface area contributed by atoms with Crippen LogP contribution in [0.5, 0.6) is 11.5 Å². The molecule has 5 heterocycles. The number of aliphatic hydroxyl groups excluding tert-OH is 1. The lowest BCUT2D eigenvalue weighted by atomic mass is 9.80. The minimum atomic E-state index is -3.09. The SMILES string of the molecule is CC.Cc1c(-c2cc(OC(CO)c3ccc(F)cn3)c3c(OC(F)F)cnn3c2)nn2c1CN(C1CC3CCC(C1)C3NC#N)CC2. The van der Waals surface area contributed by atoms with E-state index in [1.807, 2.05) is 25.5 Å². The van der Waals surface area contributed by atoms with Gasteiger partial charge in [0.15, 0.2) is 29.3 Å². The minimum Gasteiger partial charge on any atom is -0.479 e. The van der Waals surface area contributed by atoms with Gasteiger partial charge in [0.2, 0.25) is 0 Å². The van der Waals surface area contributed by atoms with Crippen LogP contribution in [-0.4, -0.2) is 66.2 Å². The smallest absolute Gasteiger partial charge is 0.387 e. The molecular formula is C33H39F3N8O3. The zero-order chi connectivity index (χ0) is 33.2. The Morgan fingerprint density at radius 2 is 1.87 bits per heavy atom. The van der Waals surface area contributed by atoms with Gasteiger partial charge in [-0.15, -0.1) is 0 Å². The number of nitrogens with one attached hydrogen (secondary N) is 1. The van der Waals surface area contributed by atoms with Crippen LogP contribution in [0.25, 0.3) is 16.8 Å². The van der Waals surface area contributed by atoms with Crippen molar-refractivity contribution in [1.29, 1.82) is 5.26 Å². The Balaban J connectivity index is 0.00000190. The van der Waals surface area contributed by atoms with E-state index in [0.717, 1.165) is 62.8 Å². The molecule has 11 nitrogen and oxygen atoms in total. The lowest BCUT2D eigenvalue weighted by Crippen LogP contribution is -2.49. The second-order valence-electron chi connectivity index (χ2n) is 12.1. The zero-order valence-electron chi connectivity index (χ0n) is 26.6. The van der Waals surface area contributed by atoms with E-state index in [1.165, 1.54) is 22.8 Å². The molecule has 4 aromatic heterocycles. The molecule has 0 aromatic carbocycles. The van der Waals surface area contributed by atoms with Gasteiger partial charge in [-0.05, 0) is 68.2 Å². The summed E-state index contributed by atoms with van der Waals surface area (Å²) in [7, 11) is 0. The summed E-state index contributed by atoms with van der Waals surface area (Å²) in [5.74, 6) is 0.416. The lowest BCUT2D eigenvalue weighted by molar-refractivity contribution is -0.0489. The summed E-state index contributed by atoms with van der Waals surface area (Å²) in [6, 6.07) is 5.00. The number of alkyl halides is 2. The molecule has 1 aliphatic heterocycles. The van der Waals surface area contributed by atoms with Crippen molar-refractivity contribution in [3.05, 3.63) is 59.6 Å². The fourth-order valence-corrected chi connectivity index (χ4v) is 7.54. The van der Waals surface area contributed by atoms with Crippen LogP contribution in [0, 0.1) is 36.0 Å². The first-order valence-electron chi connectivity index (χ1n) is 16.1. The number of pyridine rings is 2. The number of hydrogen-bond acceptors (Lipinski definition) is 9. The number of ether oxygens (including phenoxy) is 2. The van der Waals surface area contributed by atoms with Crippen LogP contribution in [0.2, 0.25) is 0 Å². The van der Waals surface area contributed by atoms with Crippen molar-refractivity contribution < 1.29 is 27.8 Å². The molecule has 250 valence electrons. The molecule has 3 aliphatic rings. The van der Waals surface area contributed by atoms with E-state index < -0.39 is 25.1 Å². The second-order valence-corrected chi connectivity index (χ2v) is 12.1. The monoisotopic (exact) mass is 652 g/mol. The van der Waals surface area contributed by atoms with E-state index in [9.17, 15) is 23.5 Å². The van der Waals surface area contributed by atoms with Gasteiger partial charge in [-0.1, -0.05) is 13.8 Å². The maximum absolute atomic E-state index is 13.5. The van der Waals surface area contributed by atoms with Crippen molar-refractivity contribution in [3.8, 4) is 28.9 Å². The number of aliphatic hydroxyl groups is 1. The number of fused-ring (bicyclic) bond motifs is 4. The average molecular weight is 653 g/mol. The van der Waals surface area contributed by atoms with Crippen molar-refractivity contribution in [3.63, 3.8) is 0 Å². The van der Waals surface area contributed by atoms with Crippen LogP contribution >= 0.6 is 0 Å². The van der Waals surface area contributed by atoms with Crippen molar-refractivity contribution >= 4 is 5.52 Å². The maximum atomic E-state index is 13.5. The third-order valence-corrected chi connectivity index (χ3v) is 9.64. The summed E-state index contributed by atoms with van der Waals surface area (Å²) in [4.78, 5) is 6.57. The van der Waals surface area contributed by atoms with Gasteiger partial charge in [0.25, 0.3) is 0 Å². The van der Waals surface area contributed by atoms with Crippen LogP contribution in [0.4, 0.5) is 13.2 Å². The Labute approximate surface area is 270 Å². The molecule has 2 aliphatic carbocycles. The number of nitriles is 1. The topological polar surface area (TPSA) is 126 Å². The Kier molecular flexibility index (Phi) is 9.56. The number of rotatable bonds is 9. The normalized spacial score (nSPS) is 22.7. The Morgan fingerprint density at radius 3 is 2.53 bits per heavy atom. The van der Waals surface area contributed by atoms with Crippen molar-refractivity contribution in [2.75, 3.05) is 13.2 Å². The first kappa shape index (κ1) is 32.6. The molecule has 2 fully saturated rings. The van der Waals surface area contributed by atoms with Crippen LogP contribution in [0.15, 0.2) is 36.8 Å². The summed E-state index contributed by atoms with van der Waals surface area (Å²) in [6.45, 7) is 4.78. The third kappa shape index (κ3) is 6.34. The first-order valence-corrected chi connectivity index (χ1v) is 16.1. The molecular weight excluding hydrogens is 613 g/mol. The zero-order valence-corrected chi connectivity index (χ0v) is 26.6. The predicted octanol–water partition coefficient (Wildman–Crippen LogP) is 5.22. The van der Waals surface area contributed by atoms with Gasteiger partial charge >= 0.3 is 6.61 Å². The Bertz CT molecular complexity index is 1720. The lowest BCUT2D eigenvalue weighted by Gasteiger charge is -2.42. The first-order chi connectivity index (χ1) is 22.8. The number of halogens is 3. The third-order valence-electron chi connectivity index (χ3n) is 9.64. The maximum Gasteiger partial charge on any atom is 0.387 e. The highest BCUT2D eigenvalue weighted by molar-refractivity contribution is 5.75. The van der Waals surface area contributed by atoms with Gasteiger partial charge in [-0.3, -0.25) is 14.6 Å². The van der Waals surface area contributed by atoms with Gasteiger partial charge < -0.3 is 19.9 Å². The highest BCUT2D eigenvalue weighted by Gasteiger charge is 2.44. The fraction of sp³-hybridized carbons (Fsp3) is 0.515. The molecule has 14 heteroatoms. The van der Waals surface area contributed by atoms with Crippen molar-refractivity contribution in [2.45, 2.75) is 84.3 Å². The second kappa shape index (κ2) is 13.8. The summed E-state index contributed by atoms with van der Waals surface area (Å²) in [5.41, 5.74) is 3.84. The summed E-state index contributed by atoms with van der Waals surface area (Å²) >= 11 is 0. The molecule has 0 amide bonds. The highest BCUT2D eigenvalue weighted by atomic mass is 19.3.